The number of aromatic nitrogens is 4. The van der Waals surface area contributed by atoms with Crippen LogP contribution < -0.4 is 4.73 Å². The molecule has 3 heterocycles. The van der Waals surface area contributed by atoms with Gasteiger partial charge in [0.15, 0.2) is 0 Å². The van der Waals surface area contributed by atoms with E-state index in [1.807, 2.05) is 24.5 Å². The van der Waals surface area contributed by atoms with Gasteiger partial charge >= 0.3 is 5.65 Å². The first-order valence-electron chi connectivity index (χ1n) is 7.78. The number of hydrogen-bond acceptors (Lipinski definition) is 4. The molecule has 0 spiro atoms. The van der Waals surface area contributed by atoms with Gasteiger partial charge in [-0.1, -0.05) is 17.3 Å². The van der Waals surface area contributed by atoms with Crippen molar-refractivity contribution in [1.29, 1.82) is 0 Å². The molecule has 6 nitrogen and oxygen atoms in total. The molecule has 0 amide bonds. The second-order valence-corrected chi connectivity index (χ2v) is 5.96. The summed E-state index contributed by atoms with van der Waals surface area (Å²) in [7, 11) is 0. The van der Waals surface area contributed by atoms with Crippen LogP contribution in [0.2, 0.25) is 0 Å². The Bertz CT molecular complexity index is 1050. The van der Waals surface area contributed by atoms with E-state index in [1.54, 1.807) is 18.5 Å². The van der Waals surface area contributed by atoms with Crippen LogP contribution in [-0.4, -0.2) is 14.7 Å². The topological polar surface area (TPSA) is 70.8 Å². The van der Waals surface area contributed by atoms with Crippen molar-refractivity contribution in [2.24, 2.45) is 0 Å². The zero-order valence-corrected chi connectivity index (χ0v) is 13.7. The maximum atomic E-state index is 13.1. The van der Waals surface area contributed by atoms with Crippen LogP contribution in [0, 0.1) is 24.9 Å². The summed E-state index contributed by atoms with van der Waals surface area (Å²) >= 11 is 0. The van der Waals surface area contributed by atoms with Crippen molar-refractivity contribution in [3.63, 3.8) is 0 Å². The highest BCUT2D eigenvalue weighted by atomic mass is 19.1. The highest BCUT2D eigenvalue weighted by molar-refractivity contribution is 5.77. The molecule has 1 aromatic carbocycles. The van der Waals surface area contributed by atoms with E-state index in [4.69, 9.17) is 4.52 Å². The Morgan fingerprint density at radius 1 is 1.24 bits per heavy atom. The van der Waals surface area contributed by atoms with Gasteiger partial charge < -0.3 is 14.3 Å². The summed E-state index contributed by atoms with van der Waals surface area (Å²) in [5.74, 6) is 0.374. The molecule has 4 aromatic rings. The second-order valence-electron chi connectivity index (χ2n) is 5.96. The van der Waals surface area contributed by atoms with Crippen molar-refractivity contribution in [2.45, 2.75) is 20.4 Å². The molecule has 0 unspecified atom stereocenters. The minimum Gasteiger partial charge on any atom is -0.710 e. The van der Waals surface area contributed by atoms with Crippen molar-refractivity contribution >= 4 is 11.2 Å². The molecule has 0 radical (unpaired) electrons. The molecule has 0 fully saturated rings. The maximum Gasteiger partial charge on any atom is 0.351 e. The van der Waals surface area contributed by atoms with Gasteiger partial charge in [0.05, 0.1) is 17.8 Å². The van der Waals surface area contributed by atoms with Gasteiger partial charge in [-0.3, -0.25) is 0 Å². The SMILES string of the molecule is Cc1noc(C)c1-c1cc2c(ncn2Cc2ccc(F)cc2)[n+]([O-])c1. The fourth-order valence-corrected chi connectivity index (χ4v) is 3.01. The number of nitrogens with zero attached hydrogens (tertiary/aromatic N) is 4. The van der Waals surface area contributed by atoms with Gasteiger partial charge in [-0.15, -0.1) is 0 Å². The zero-order valence-electron chi connectivity index (χ0n) is 13.7. The minimum atomic E-state index is -0.280. The highest BCUT2D eigenvalue weighted by Crippen LogP contribution is 2.28. The van der Waals surface area contributed by atoms with E-state index in [2.05, 4.69) is 10.1 Å². The highest BCUT2D eigenvalue weighted by Gasteiger charge is 2.18. The Labute approximate surface area is 142 Å². The molecule has 3 aromatic heterocycles. The molecule has 126 valence electrons. The Morgan fingerprint density at radius 3 is 2.68 bits per heavy atom. The number of aryl methyl sites for hydroxylation is 2. The monoisotopic (exact) mass is 338 g/mol. The maximum absolute atomic E-state index is 13.1. The number of hydrogen-bond donors (Lipinski definition) is 0. The number of rotatable bonds is 3. The number of benzene rings is 1. The van der Waals surface area contributed by atoms with E-state index in [1.165, 1.54) is 18.3 Å². The van der Waals surface area contributed by atoms with Gasteiger partial charge in [0.25, 0.3) is 0 Å². The lowest BCUT2D eigenvalue weighted by atomic mass is 10.1. The molecule has 7 heteroatoms. The predicted molar refractivity (Wildman–Crippen MR) is 89.2 cm³/mol. The molecule has 0 atom stereocenters. The summed E-state index contributed by atoms with van der Waals surface area (Å²) in [5, 5.41) is 16.3. The number of pyridine rings is 1. The standard InChI is InChI=1S/C18H15FN4O2/c1-11-17(12(2)25-21-11)14-7-16-18(23(24)9-14)20-10-22(16)8-13-3-5-15(19)6-4-13/h3-7,9-10H,8H2,1-2H3. The van der Waals surface area contributed by atoms with E-state index in [-0.39, 0.29) is 5.82 Å². The molecule has 0 bridgehead atoms. The van der Waals surface area contributed by atoms with E-state index >= 15 is 0 Å². The number of halogens is 1. The van der Waals surface area contributed by atoms with Gasteiger partial charge in [-0.05, 0) is 42.6 Å². The van der Waals surface area contributed by atoms with Crippen LogP contribution in [0.4, 0.5) is 4.39 Å². The fourth-order valence-electron chi connectivity index (χ4n) is 3.01. The average molecular weight is 338 g/mol. The summed E-state index contributed by atoms with van der Waals surface area (Å²) in [6.07, 6.45) is 3.09. The average Bonchev–Trinajstić information content (AvgIpc) is 3.13. The third kappa shape index (κ3) is 2.63. The Kier molecular flexibility index (Phi) is 3.49. The van der Waals surface area contributed by atoms with Crippen LogP contribution in [0.15, 0.2) is 47.4 Å². The van der Waals surface area contributed by atoms with Gasteiger partial charge in [-0.25, -0.2) is 9.12 Å². The van der Waals surface area contributed by atoms with Crippen LogP contribution in [0.25, 0.3) is 22.3 Å². The Balaban J connectivity index is 1.83. The zero-order chi connectivity index (χ0) is 17.6. The van der Waals surface area contributed by atoms with Crippen LogP contribution in [0.3, 0.4) is 0 Å². The lowest BCUT2D eigenvalue weighted by Crippen LogP contribution is -2.27. The van der Waals surface area contributed by atoms with E-state index < -0.39 is 0 Å². The summed E-state index contributed by atoms with van der Waals surface area (Å²) in [5.41, 5.74) is 4.19. The van der Waals surface area contributed by atoms with Gasteiger partial charge in [0, 0.05) is 5.56 Å². The molecule has 0 saturated heterocycles. The smallest absolute Gasteiger partial charge is 0.351 e. The lowest BCUT2D eigenvalue weighted by molar-refractivity contribution is -0.578. The van der Waals surface area contributed by atoms with Crippen molar-refractivity contribution in [2.75, 3.05) is 0 Å². The van der Waals surface area contributed by atoms with E-state index in [0.29, 0.717) is 23.5 Å². The summed E-state index contributed by atoms with van der Waals surface area (Å²) in [4.78, 5) is 4.20. The van der Waals surface area contributed by atoms with Gasteiger partial charge in [0.1, 0.15) is 23.3 Å². The molecule has 4 rings (SSSR count). The molecule has 0 aliphatic carbocycles. The van der Waals surface area contributed by atoms with Crippen molar-refractivity contribution in [3.05, 3.63) is 70.9 Å². The van der Waals surface area contributed by atoms with Crippen LogP contribution in [-0.2, 0) is 6.54 Å². The molecule has 0 aliphatic heterocycles. The summed E-state index contributed by atoms with van der Waals surface area (Å²) in [6.45, 7) is 4.13. The van der Waals surface area contributed by atoms with E-state index in [9.17, 15) is 9.60 Å². The molecule has 0 N–H and O–H groups in total. The molecule has 0 aliphatic rings. The quantitative estimate of drug-likeness (QED) is 0.425. The van der Waals surface area contributed by atoms with Crippen molar-refractivity contribution in [3.8, 4) is 11.1 Å². The third-order valence-electron chi connectivity index (χ3n) is 4.20. The normalized spacial score (nSPS) is 11.3. The van der Waals surface area contributed by atoms with E-state index in [0.717, 1.165) is 27.1 Å². The molecular weight excluding hydrogens is 323 g/mol. The van der Waals surface area contributed by atoms with Crippen LogP contribution in [0.1, 0.15) is 17.0 Å². The first kappa shape index (κ1) is 15.3. The third-order valence-corrected chi connectivity index (χ3v) is 4.20. The number of fused-ring (bicyclic) bond motifs is 1. The lowest BCUT2D eigenvalue weighted by Gasteiger charge is -2.08. The molecular formula is C18H15FN4O2. The fraction of sp³-hybridized carbons (Fsp3) is 0.167. The Hall–Kier alpha value is -3.22. The van der Waals surface area contributed by atoms with Gasteiger partial charge in [0.2, 0.25) is 6.33 Å². The Morgan fingerprint density at radius 2 is 2.00 bits per heavy atom. The first-order chi connectivity index (χ1) is 12.0. The largest absolute Gasteiger partial charge is 0.710 e. The van der Waals surface area contributed by atoms with Crippen LogP contribution >= 0.6 is 0 Å². The van der Waals surface area contributed by atoms with Gasteiger partial charge in [-0.2, -0.15) is 0 Å². The summed E-state index contributed by atoms with van der Waals surface area (Å²) < 4.78 is 20.9. The first-order valence-corrected chi connectivity index (χ1v) is 7.78. The predicted octanol–water partition coefficient (Wildman–Crippen LogP) is 3.13. The number of imidazole rings is 1. The molecule has 0 saturated carbocycles. The minimum absolute atomic E-state index is 0.280. The van der Waals surface area contributed by atoms with Crippen molar-refractivity contribution in [1.82, 2.24) is 14.7 Å². The van der Waals surface area contributed by atoms with Crippen molar-refractivity contribution < 1.29 is 13.6 Å². The second kappa shape index (κ2) is 5.70. The summed E-state index contributed by atoms with van der Waals surface area (Å²) in [6, 6.07) is 8.15. The van der Waals surface area contributed by atoms with Crippen LogP contribution in [0.5, 0.6) is 0 Å². The molecule has 25 heavy (non-hydrogen) atoms.